The number of nitrogens with zero attached hydrogens (tertiary/aromatic N) is 4. The maximum Gasteiger partial charge on any atom is 0.285 e. The van der Waals surface area contributed by atoms with Gasteiger partial charge in [0, 0.05) is 22.0 Å². The molecule has 1 amide bonds. The fraction of sp³-hybridized carbons (Fsp3) is 0.118. The Balaban J connectivity index is 1.89. The van der Waals surface area contributed by atoms with Crippen LogP contribution >= 0.6 is 15.9 Å². The van der Waals surface area contributed by atoms with Gasteiger partial charge in [-0.15, -0.1) is 10.2 Å². The number of amides is 1. The molecule has 0 bridgehead atoms. The van der Waals surface area contributed by atoms with Gasteiger partial charge in [-0.1, -0.05) is 22.0 Å². The fourth-order valence-electron chi connectivity index (χ4n) is 2.66. The predicted molar refractivity (Wildman–Crippen MR) is 112 cm³/mol. The molecule has 1 heterocycles. The smallest absolute Gasteiger partial charge is 0.285 e. The fourth-order valence-corrected chi connectivity index (χ4v) is 3.86. The second-order valence-corrected chi connectivity index (χ2v) is 8.97. The zero-order chi connectivity index (χ0) is 22.1. The summed E-state index contributed by atoms with van der Waals surface area (Å²) >= 11 is 3.30. The molecule has 2 N–H and O–H groups in total. The Kier molecular flexibility index (Phi) is 5.85. The second kappa shape index (κ2) is 8.20. The van der Waals surface area contributed by atoms with Gasteiger partial charge in [0.15, 0.2) is 5.69 Å². The predicted octanol–water partition coefficient (Wildman–Crippen LogP) is 3.62. The number of sulfonamides is 1. The standard InChI is InChI=1S/C17H14BrN5O6S/c1-30(28,29)22(11-3-2-4-12(8-11)23(26)27)9-15(24)20-21-16-13-7-10(18)5-6-14(13)19-17(16)25/h2-8,19,25H,9H2,1H3. The molecule has 0 aliphatic rings. The number of benzene rings is 2. The minimum absolute atomic E-state index is 0.0147. The van der Waals surface area contributed by atoms with Crippen LogP contribution in [0, 0.1) is 10.1 Å². The molecular weight excluding hydrogens is 482 g/mol. The molecule has 0 radical (unpaired) electrons. The number of aromatic hydroxyl groups is 1. The highest BCUT2D eigenvalue weighted by Crippen LogP contribution is 2.36. The molecule has 0 atom stereocenters. The minimum atomic E-state index is -3.95. The molecule has 0 spiro atoms. The van der Waals surface area contributed by atoms with Crippen molar-refractivity contribution in [3.63, 3.8) is 0 Å². The average molecular weight is 496 g/mol. The maximum atomic E-state index is 12.3. The number of nitro groups is 1. The van der Waals surface area contributed by atoms with Gasteiger partial charge in [-0.05, 0) is 24.3 Å². The molecule has 11 nitrogen and oxygen atoms in total. The lowest BCUT2D eigenvalue weighted by Crippen LogP contribution is -2.34. The number of carbonyl (C=O) groups is 1. The van der Waals surface area contributed by atoms with E-state index in [-0.39, 0.29) is 22.9 Å². The molecule has 156 valence electrons. The largest absolute Gasteiger partial charge is 0.493 e. The Morgan fingerprint density at radius 3 is 2.70 bits per heavy atom. The van der Waals surface area contributed by atoms with Gasteiger partial charge >= 0.3 is 0 Å². The molecule has 30 heavy (non-hydrogen) atoms. The van der Waals surface area contributed by atoms with Crippen LogP contribution in [0.5, 0.6) is 5.88 Å². The normalized spacial score (nSPS) is 11.8. The summed E-state index contributed by atoms with van der Waals surface area (Å²) in [6.07, 6.45) is 0.860. The van der Waals surface area contributed by atoms with Crippen LogP contribution in [0.2, 0.25) is 0 Å². The van der Waals surface area contributed by atoms with E-state index in [1.165, 1.54) is 18.2 Å². The number of hydrogen-bond acceptors (Lipinski definition) is 7. The molecule has 0 saturated carbocycles. The highest BCUT2D eigenvalue weighted by atomic mass is 79.9. The molecule has 0 aliphatic carbocycles. The van der Waals surface area contributed by atoms with E-state index in [2.05, 4.69) is 31.1 Å². The van der Waals surface area contributed by atoms with Gasteiger partial charge in [-0.3, -0.25) is 19.2 Å². The van der Waals surface area contributed by atoms with Crippen LogP contribution < -0.4 is 4.31 Å². The lowest BCUT2D eigenvalue weighted by Gasteiger charge is -2.20. The van der Waals surface area contributed by atoms with Crippen molar-refractivity contribution < 1.29 is 23.2 Å². The number of aromatic amines is 1. The molecule has 0 fully saturated rings. The van der Waals surface area contributed by atoms with Crippen LogP contribution in [0.25, 0.3) is 10.9 Å². The Morgan fingerprint density at radius 2 is 2.03 bits per heavy atom. The maximum absolute atomic E-state index is 12.3. The highest BCUT2D eigenvalue weighted by molar-refractivity contribution is 9.10. The number of rotatable bonds is 6. The van der Waals surface area contributed by atoms with Crippen molar-refractivity contribution >= 4 is 59.8 Å². The molecule has 3 aromatic rings. The Hall–Kier alpha value is -3.32. The van der Waals surface area contributed by atoms with Crippen molar-refractivity contribution in [3.05, 3.63) is 57.1 Å². The first-order valence-electron chi connectivity index (χ1n) is 8.23. The van der Waals surface area contributed by atoms with Gasteiger partial charge in [-0.2, -0.15) is 0 Å². The summed E-state index contributed by atoms with van der Waals surface area (Å²) in [6, 6.07) is 9.95. The van der Waals surface area contributed by atoms with Gasteiger partial charge in [0.05, 0.1) is 22.4 Å². The van der Waals surface area contributed by atoms with Gasteiger partial charge in [0.1, 0.15) is 6.54 Å². The van der Waals surface area contributed by atoms with Gasteiger partial charge in [-0.25, -0.2) is 8.42 Å². The third-order valence-corrected chi connectivity index (χ3v) is 5.62. The van der Waals surface area contributed by atoms with Crippen molar-refractivity contribution in [2.24, 2.45) is 10.2 Å². The number of carbonyl (C=O) groups excluding carboxylic acids is 1. The summed E-state index contributed by atoms with van der Waals surface area (Å²) in [5.74, 6) is -1.24. The number of fused-ring (bicyclic) bond motifs is 1. The molecule has 13 heteroatoms. The summed E-state index contributed by atoms with van der Waals surface area (Å²) in [7, 11) is -3.95. The molecule has 0 saturated heterocycles. The quantitative estimate of drug-likeness (QED) is 0.301. The third-order valence-electron chi connectivity index (χ3n) is 3.98. The molecule has 0 aliphatic heterocycles. The van der Waals surface area contributed by atoms with Crippen LogP contribution in [0.15, 0.2) is 57.2 Å². The molecule has 0 unspecified atom stereocenters. The average Bonchev–Trinajstić information content (AvgIpc) is 2.98. The topological polar surface area (TPSA) is 158 Å². The number of hydrogen-bond donors (Lipinski definition) is 2. The van der Waals surface area contributed by atoms with Crippen LogP contribution in [-0.2, 0) is 14.8 Å². The van der Waals surface area contributed by atoms with E-state index in [0.717, 1.165) is 12.3 Å². The van der Waals surface area contributed by atoms with Gasteiger partial charge < -0.3 is 10.1 Å². The third kappa shape index (κ3) is 4.63. The van der Waals surface area contributed by atoms with E-state index in [0.29, 0.717) is 19.7 Å². The number of halogens is 1. The minimum Gasteiger partial charge on any atom is -0.493 e. The van der Waals surface area contributed by atoms with Crippen molar-refractivity contribution in [2.45, 2.75) is 0 Å². The number of nitro benzene ring substituents is 1. The second-order valence-electron chi connectivity index (χ2n) is 6.15. The molecule has 1 aromatic heterocycles. The lowest BCUT2D eigenvalue weighted by atomic mass is 10.2. The van der Waals surface area contributed by atoms with Crippen LogP contribution in [-0.4, -0.2) is 42.1 Å². The zero-order valence-corrected chi connectivity index (χ0v) is 17.7. The molecular formula is C17H14BrN5O6S. The SMILES string of the molecule is CS(=O)(=O)N(CC(=O)N=Nc1c(O)[nH]c2ccc(Br)cc12)c1cccc([N+](=O)[O-])c1. The summed E-state index contributed by atoms with van der Waals surface area (Å²) in [6.45, 7) is -0.726. The van der Waals surface area contributed by atoms with E-state index >= 15 is 0 Å². The van der Waals surface area contributed by atoms with Crippen LogP contribution in [0.1, 0.15) is 0 Å². The number of anilines is 1. The summed E-state index contributed by atoms with van der Waals surface area (Å²) in [4.78, 5) is 25.3. The Labute approximate surface area is 178 Å². The first kappa shape index (κ1) is 21.4. The summed E-state index contributed by atoms with van der Waals surface area (Å²) in [5, 5.41) is 28.7. The number of non-ortho nitro benzene ring substituents is 1. The number of aromatic nitrogens is 1. The van der Waals surface area contributed by atoms with E-state index in [4.69, 9.17) is 0 Å². The molecule has 3 rings (SSSR count). The van der Waals surface area contributed by atoms with E-state index < -0.39 is 27.4 Å². The van der Waals surface area contributed by atoms with E-state index in [1.807, 2.05) is 0 Å². The molecule has 2 aromatic carbocycles. The monoisotopic (exact) mass is 495 g/mol. The number of H-pyrrole nitrogens is 1. The van der Waals surface area contributed by atoms with Crippen molar-refractivity contribution in [3.8, 4) is 5.88 Å². The van der Waals surface area contributed by atoms with Crippen molar-refractivity contribution in [2.75, 3.05) is 17.1 Å². The summed E-state index contributed by atoms with van der Waals surface area (Å²) < 4.78 is 25.7. The zero-order valence-electron chi connectivity index (χ0n) is 15.3. The van der Waals surface area contributed by atoms with Crippen molar-refractivity contribution in [1.82, 2.24) is 4.98 Å². The van der Waals surface area contributed by atoms with Crippen molar-refractivity contribution in [1.29, 1.82) is 0 Å². The number of azo groups is 1. The first-order valence-corrected chi connectivity index (χ1v) is 10.9. The first-order chi connectivity index (χ1) is 14.1. The highest BCUT2D eigenvalue weighted by Gasteiger charge is 2.23. The number of nitrogens with one attached hydrogen (secondary N) is 1. The Morgan fingerprint density at radius 1 is 1.30 bits per heavy atom. The van der Waals surface area contributed by atoms with Gasteiger partial charge in [0.2, 0.25) is 15.9 Å². The van der Waals surface area contributed by atoms with E-state index in [1.54, 1.807) is 18.2 Å². The summed E-state index contributed by atoms with van der Waals surface area (Å²) in [5.41, 5.74) is 0.186. The van der Waals surface area contributed by atoms with Gasteiger partial charge in [0.25, 0.3) is 11.6 Å². The van der Waals surface area contributed by atoms with Crippen LogP contribution in [0.4, 0.5) is 17.1 Å². The lowest BCUT2D eigenvalue weighted by molar-refractivity contribution is -0.384. The van der Waals surface area contributed by atoms with Crippen LogP contribution in [0.3, 0.4) is 0 Å². The van der Waals surface area contributed by atoms with E-state index in [9.17, 15) is 28.4 Å². The Bertz CT molecular complexity index is 1290.